The minimum atomic E-state index is -4.19. The number of benzene rings is 2. The molecular formula is C24H24N2O5S. The summed E-state index contributed by atoms with van der Waals surface area (Å²) in [7, 11) is -4.19. The molecule has 2 aromatic carbocycles. The number of hydrogen-bond acceptors (Lipinski definition) is 7. The number of hydrogen-bond donors (Lipinski definition) is 0. The van der Waals surface area contributed by atoms with Gasteiger partial charge in [0.2, 0.25) is 11.6 Å². The molecular weight excluding hydrogens is 428 g/mol. The summed E-state index contributed by atoms with van der Waals surface area (Å²) in [6.07, 6.45) is 0. The molecule has 2 aliphatic heterocycles. The van der Waals surface area contributed by atoms with Crippen molar-refractivity contribution >= 4 is 21.7 Å². The number of Topliss-reactive ketones (excluding diaryl/α,β-unsaturated/α-hetero) is 2. The second kappa shape index (κ2) is 6.93. The molecule has 0 atom stereocenters. The van der Waals surface area contributed by atoms with E-state index in [2.05, 4.69) is 0 Å². The van der Waals surface area contributed by atoms with Gasteiger partial charge in [-0.15, -0.1) is 0 Å². The van der Waals surface area contributed by atoms with Crippen LogP contribution < -0.4 is 4.18 Å². The molecule has 166 valence electrons. The van der Waals surface area contributed by atoms with Crippen molar-refractivity contribution in [3.8, 4) is 5.75 Å². The molecule has 3 aliphatic rings. The van der Waals surface area contributed by atoms with Gasteiger partial charge < -0.3 is 14.0 Å². The fourth-order valence-electron chi connectivity index (χ4n) is 3.91. The van der Waals surface area contributed by atoms with Crippen LogP contribution in [0.5, 0.6) is 5.75 Å². The second-order valence-electron chi connectivity index (χ2n) is 9.32. The maximum Gasteiger partial charge on any atom is 0.339 e. The Morgan fingerprint density at radius 3 is 1.91 bits per heavy atom. The third kappa shape index (κ3) is 3.48. The molecule has 8 heteroatoms. The molecule has 0 N–H and O–H groups in total. The molecule has 0 bridgehead atoms. The average Bonchev–Trinajstić information content (AvgIpc) is 3.63. The Morgan fingerprint density at radius 1 is 0.812 bits per heavy atom. The van der Waals surface area contributed by atoms with E-state index in [4.69, 9.17) is 4.18 Å². The van der Waals surface area contributed by atoms with Crippen LogP contribution in [-0.2, 0) is 15.5 Å². The first-order valence-corrected chi connectivity index (χ1v) is 12.0. The van der Waals surface area contributed by atoms with Crippen molar-refractivity contribution < 1.29 is 22.2 Å². The fourth-order valence-corrected chi connectivity index (χ4v) is 4.85. The number of fused-ring (bicyclic) bond motifs is 1. The van der Waals surface area contributed by atoms with E-state index >= 15 is 0 Å². The van der Waals surface area contributed by atoms with Crippen molar-refractivity contribution in [2.75, 3.05) is 26.2 Å². The monoisotopic (exact) mass is 452 g/mol. The van der Waals surface area contributed by atoms with Gasteiger partial charge >= 0.3 is 10.1 Å². The van der Waals surface area contributed by atoms with Gasteiger partial charge in [0.25, 0.3) is 0 Å². The Kier molecular flexibility index (Phi) is 4.50. The van der Waals surface area contributed by atoms with Gasteiger partial charge in [-0.3, -0.25) is 9.59 Å². The van der Waals surface area contributed by atoms with E-state index < -0.39 is 10.1 Å². The van der Waals surface area contributed by atoms with E-state index in [1.165, 1.54) is 18.2 Å². The fraction of sp³-hybridized carbons (Fsp3) is 0.333. The summed E-state index contributed by atoms with van der Waals surface area (Å²) in [5.74, 6) is -0.755. The minimum Gasteiger partial charge on any atom is -0.378 e. The summed E-state index contributed by atoms with van der Waals surface area (Å²) in [6, 6.07) is 11.0. The Labute approximate surface area is 187 Å². The predicted molar refractivity (Wildman–Crippen MR) is 118 cm³/mol. The first-order chi connectivity index (χ1) is 15.1. The molecule has 7 nitrogen and oxygen atoms in total. The molecule has 0 amide bonds. The standard InChI is InChI=1S/C24H24N2O5S/c1-24(2,3)15-7-9-16(10-8-15)32(29,30)31-18-6-4-5-17-19(18)23(28)21(26-13-14-26)20(22(17)27)25-11-12-25/h4-10H,11-14H2,1-3H3. The lowest BCUT2D eigenvalue weighted by molar-refractivity contribution is 0.0944. The Bertz CT molecular complexity index is 1280. The van der Waals surface area contributed by atoms with E-state index in [0.29, 0.717) is 24.5 Å². The van der Waals surface area contributed by atoms with Gasteiger partial charge in [-0.1, -0.05) is 39.0 Å². The highest BCUT2D eigenvalue weighted by molar-refractivity contribution is 7.87. The van der Waals surface area contributed by atoms with Crippen molar-refractivity contribution in [3.05, 3.63) is 70.5 Å². The highest BCUT2D eigenvalue weighted by Crippen LogP contribution is 2.39. The van der Waals surface area contributed by atoms with Gasteiger partial charge in [-0.2, -0.15) is 8.42 Å². The second-order valence-corrected chi connectivity index (χ2v) is 10.9. The molecule has 5 rings (SSSR count). The van der Waals surface area contributed by atoms with Crippen LogP contribution in [0.2, 0.25) is 0 Å². The average molecular weight is 453 g/mol. The topological polar surface area (TPSA) is 83.5 Å². The zero-order valence-corrected chi connectivity index (χ0v) is 19.0. The molecule has 1 aliphatic carbocycles. The number of nitrogens with zero attached hydrogens (tertiary/aromatic N) is 2. The third-order valence-corrected chi connectivity index (χ3v) is 7.14. The van der Waals surface area contributed by atoms with Gasteiger partial charge in [-0.25, -0.2) is 0 Å². The summed E-state index contributed by atoms with van der Waals surface area (Å²) in [5.41, 5.74) is 1.83. The summed E-state index contributed by atoms with van der Waals surface area (Å²) < 4.78 is 31.4. The van der Waals surface area contributed by atoms with Crippen LogP contribution in [0.15, 0.2) is 58.8 Å². The maximum atomic E-state index is 13.4. The number of rotatable bonds is 5. The van der Waals surface area contributed by atoms with Gasteiger partial charge in [0.05, 0.1) is 5.56 Å². The van der Waals surface area contributed by atoms with Crippen LogP contribution in [0.4, 0.5) is 0 Å². The normalized spacial score (nSPS) is 18.1. The van der Waals surface area contributed by atoms with E-state index in [0.717, 1.165) is 18.7 Å². The largest absolute Gasteiger partial charge is 0.378 e. The summed E-state index contributed by atoms with van der Waals surface area (Å²) in [6.45, 7) is 8.98. The van der Waals surface area contributed by atoms with Crippen molar-refractivity contribution in [2.45, 2.75) is 31.1 Å². The van der Waals surface area contributed by atoms with Crippen molar-refractivity contribution in [2.24, 2.45) is 0 Å². The van der Waals surface area contributed by atoms with E-state index in [1.54, 1.807) is 24.3 Å². The first-order valence-electron chi connectivity index (χ1n) is 10.6. The smallest absolute Gasteiger partial charge is 0.339 e. The van der Waals surface area contributed by atoms with Crippen LogP contribution in [0.3, 0.4) is 0 Å². The van der Waals surface area contributed by atoms with Crippen LogP contribution in [0, 0.1) is 0 Å². The van der Waals surface area contributed by atoms with Crippen LogP contribution in [-0.4, -0.2) is 56.0 Å². The van der Waals surface area contributed by atoms with E-state index in [9.17, 15) is 18.0 Å². The highest BCUT2D eigenvalue weighted by atomic mass is 32.2. The van der Waals surface area contributed by atoms with Gasteiger partial charge in [-0.05, 0) is 35.2 Å². The van der Waals surface area contributed by atoms with Crippen molar-refractivity contribution in [1.82, 2.24) is 9.80 Å². The Hall–Kier alpha value is -3.13. The van der Waals surface area contributed by atoms with Crippen LogP contribution in [0.1, 0.15) is 47.1 Å². The van der Waals surface area contributed by atoms with Crippen molar-refractivity contribution in [3.63, 3.8) is 0 Å². The molecule has 2 aromatic rings. The lowest BCUT2D eigenvalue weighted by Gasteiger charge is -2.24. The number of ketones is 2. The third-order valence-electron chi connectivity index (χ3n) is 5.89. The quantitative estimate of drug-likeness (QED) is 0.509. The lowest BCUT2D eigenvalue weighted by atomic mass is 9.87. The Morgan fingerprint density at radius 2 is 1.38 bits per heavy atom. The van der Waals surface area contributed by atoms with Gasteiger partial charge in [0, 0.05) is 31.7 Å². The zero-order chi connectivity index (χ0) is 22.8. The zero-order valence-electron chi connectivity index (χ0n) is 18.2. The molecule has 32 heavy (non-hydrogen) atoms. The molecule has 2 heterocycles. The molecule has 0 radical (unpaired) electrons. The van der Waals surface area contributed by atoms with Crippen molar-refractivity contribution in [1.29, 1.82) is 0 Å². The predicted octanol–water partition coefficient (Wildman–Crippen LogP) is 2.97. The number of carbonyl (C=O) groups excluding carboxylic acids is 2. The molecule has 0 unspecified atom stereocenters. The van der Waals surface area contributed by atoms with Crippen LogP contribution in [0.25, 0.3) is 0 Å². The first kappa shape index (κ1) is 20.8. The van der Waals surface area contributed by atoms with Crippen LogP contribution >= 0.6 is 0 Å². The van der Waals surface area contributed by atoms with Gasteiger partial charge in [0.15, 0.2) is 5.75 Å². The SMILES string of the molecule is CC(C)(C)c1ccc(S(=O)(=O)Oc2cccc3c2C(=O)C(N2CC2)=C(N2CC2)C3=O)cc1. The molecule has 0 aromatic heterocycles. The minimum absolute atomic E-state index is 0.0100. The number of allylic oxidation sites excluding steroid dienone is 2. The molecule has 2 saturated heterocycles. The van der Waals surface area contributed by atoms with E-state index in [-0.39, 0.29) is 38.8 Å². The lowest BCUT2D eigenvalue weighted by Crippen LogP contribution is -2.30. The summed E-state index contributed by atoms with van der Waals surface area (Å²) in [5, 5.41) is 0. The highest BCUT2D eigenvalue weighted by Gasteiger charge is 2.44. The molecule has 2 fully saturated rings. The Balaban J connectivity index is 1.53. The summed E-state index contributed by atoms with van der Waals surface area (Å²) in [4.78, 5) is 30.4. The molecule has 0 saturated carbocycles. The van der Waals surface area contributed by atoms with Gasteiger partial charge in [0.1, 0.15) is 16.3 Å². The summed E-state index contributed by atoms with van der Waals surface area (Å²) >= 11 is 0. The van der Waals surface area contributed by atoms with E-state index in [1.807, 2.05) is 30.6 Å². The number of carbonyl (C=O) groups is 2. The molecule has 0 spiro atoms. The maximum absolute atomic E-state index is 13.4.